The normalized spacial score (nSPS) is 20.2. The van der Waals surface area contributed by atoms with Crippen molar-refractivity contribution in [3.8, 4) is 0 Å². The van der Waals surface area contributed by atoms with Crippen LogP contribution in [0.25, 0.3) is 5.65 Å². The SMILES string of the molecule is Clc1nccn2c(CCC3CCCO3)nnc12. The summed E-state index contributed by atoms with van der Waals surface area (Å²) < 4.78 is 7.48. The third kappa shape index (κ3) is 2.12. The monoisotopic (exact) mass is 252 g/mol. The molecule has 0 radical (unpaired) electrons. The maximum Gasteiger partial charge on any atom is 0.198 e. The molecule has 1 aliphatic heterocycles. The average molecular weight is 253 g/mol. The minimum Gasteiger partial charge on any atom is -0.378 e. The van der Waals surface area contributed by atoms with Crippen LogP contribution in [-0.4, -0.2) is 32.3 Å². The second-order valence-corrected chi connectivity index (χ2v) is 4.56. The van der Waals surface area contributed by atoms with Crippen LogP contribution >= 0.6 is 11.6 Å². The van der Waals surface area contributed by atoms with Crippen molar-refractivity contribution in [1.82, 2.24) is 19.6 Å². The third-order valence-electron chi connectivity index (χ3n) is 3.07. The van der Waals surface area contributed by atoms with Gasteiger partial charge in [0.05, 0.1) is 6.10 Å². The highest BCUT2D eigenvalue weighted by Crippen LogP contribution is 2.18. The lowest BCUT2D eigenvalue weighted by Gasteiger charge is -2.07. The van der Waals surface area contributed by atoms with E-state index in [0.29, 0.717) is 16.9 Å². The van der Waals surface area contributed by atoms with E-state index in [0.717, 1.165) is 31.7 Å². The summed E-state index contributed by atoms with van der Waals surface area (Å²) in [6.45, 7) is 0.890. The number of hydrogen-bond donors (Lipinski definition) is 0. The van der Waals surface area contributed by atoms with E-state index in [1.165, 1.54) is 6.42 Å². The van der Waals surface area contributed by atoms with Crippen LogP contribution < -0.4 is 0 Å². The van der Waals surface area contributed by atoms with E-state index in [2.05, 4.69) is 15.2 Å². The maximum atomic E-state index is 5.94. The van der Waals surface area contributed by atoms with Crippen molar-refractivity contribution in [3.63, 3.8) is 0 Å². The smallest absolute Gasteiger partial charge is 0.198 e. The molecular formula is C11H13ClN4O. The second-order valence-electron chi connectivity index (χ2n) is 4.20. The van der Waals surface area contributed by atoms with Gasteiger partial charge in [0.25, 0.3) is 0 Å². The van der Waals surface area contributed by atoms with Crippen LogP contribution in [0, 0.1) is 0 Å². The highest BCUT2D eigenvalue weighted by atomic mass is 35.5. The molecule has 0 amide bonds. The van der Waals surface area contributed by atoms with E-state index in [9.17, 15) is 0 Å². The molecule has 1 fully saturated rings. The Morgan fingerprint density at radius 3 is 3.24 bits per heavy atom. The van der Waals surface area contributed by atoms with Gasteiger partial charge in [-0.2, -0.15) is 0 Å². The lowest BCUT2D eigenvalue weighted by molar-refractivity contribution is 0.104. The van der Waals surface area contributed by atoms with Crippen LogP contribution in [0.3, 0.4) is 0 Å². The van der Waals surface area contributed by atoms with E-state index in [1.807, 2.05) is 10.6 Å². The second kappa shape index (κ2) is 4.58. The molecular weight excluding hydrogens is 240 g/mol. The van der Waals surface area contributed by atoms with Crippen LogP contribution in [0.15, 0.2) is 12.4 Å². The number of hydrogen-bond acceptors (Lipinski definition) is 4. The number of fused-ring (bicyclic) bond motifs is 1. The van der Waals surface area contributed by atoms with Gasteiger partial charge in [0, 0.05) is 25.4 Å². The van der Waals surface area contributed by atoms with Crippen molar-refractivity contribution in [2.24, 2.45) is 0 Å². The molecule has 1 unspecified atom stereocenters. The molecule has 3 heterocycles. The molecule has 2 aromatic rings. The molecule has 0 spiro atoms. The molecule has 2 aromatic heterocycles. The number of nitrogens with zero attached hydrogens (tertiary/aromatic N) is 4. The summed E-state index contributed by atoms with van der Waals surface area (Å²) in [5.74, 6) is 0.916. The highest BCUT2D eigenvalue weighted by Gasteiger charge is 2.17. The quantitative estimate of drug-likeness (QED) is 0.837. The fourth-order valence-corrected chi connectivity index (χ4v) is 2.36. The molecule has 0 aromatic carbocycles. The number of halogens is 1. The molecule has 3 rings (SSSR count). The zero-order chi connectivity index (χ0) is 11.7. The molecule has 1 aliphatic rings. The zero-order valence-electron chi connectivity index (χ0n) is 9.34. The number of aromatic nitrogens is 4. The van der Waals surface area contributed by atoms with E-state index in [-0.39, 0.29) is 0 Å². The Bertz CT molecular complexity index is 521. The van der Waals surface area contributed by atoms with Gasteiger partial charge in [-0.1, -0.05) is 11.6 Å². The Kier molecular flexibility index (Phi) is 2.94. The van der Waals surface area contributed by atoms with Crippen molar-refractivity contribution in [1.29, 1.82) is 0 Å². The van der Waals surface area contributed by atoms with Crippen molar-refractivity contribution in [2.45, 2.75) is 31.8 Å². The molecule has 1 atom stereocenters. The summed E-state index contributed by atoms with van der Waals surface area (Å²) in [7, 11) is 0. The molecule has 1 saturated heterocycles. The van der Waals surface area contributed by atoms with Crippen LogP contribution in [0.5, 0.6) is 0 Å². The van der Waals surface area contributed by atoms with Gasteiger partial charge in [0.2, 0.25) is 0 Å². The summed E-state index contributed by atoms with van der Waals surface area (Å²) >= 11 is 5.94. The van der Waals surface area contributed by atoms with Gasteiger partial charge in [-0.25, -0.2) is 4.98 Å². The van der Waals surface area contributed by atoms with E-state index in [4.69, 9.17) is 16.3 Å². The standard InChI is InChI=1S/C11H13ClN4O/c12-10-11-15-14-9(16(11)6-5-13-10)4-3-8-2-1-7-17-8/h5-6,8H,1-4,7H2. The fourth-order valence-electron chi connectivity index (χ4n) is 2.18. The molecule has 90 valence electrons. The zero-order valence-corrected chi connectivity index (χ0v) is 10.1. The van der Waals surface area contributed by atoms with Crippen molar-refractivity contribution >= 4 is 17.2 Å². The van der Waals surface area contributed by atoms with Gasteiger partial charge in [0.1, 0.15) is 5.82 Å². The lowest BCUT2D eigenvalue weighted by Crippen LogP contribution is -2.07. The van der Waals surface area contributed by atoms with Crippen molar-refractivity contribution in [3.05, 3.63) is 23.4 Å². The summed E-state index contributed by atoms with van der Waals surface area (Å²) in [6, 6.07) is 0. The molecule has 6 heteroatoms. The van der Waals surface area contributed by atoms with Gasteiger partial charge < -0.3 is 4.74 Å². The van der Waals surface area contributed by atoms with Crippen molar-refractivity contribution in [2.75, 3.05) is 6.61 Å². The maximum absolute atomic E-state index is 5.94. The Balaban J connectivity index is 1.78. The highest BCUT2D eigenvalue weighted by molar-refractivity contribution is 6.32. The third-order valence-corrected chi connectivity index (χ3v) is 3.34. The first kappa shape index (κ1) is 10.9. The molecule has 0 N–H and O–H groups in total. The molecule has 0 aliphatic carbocycles. The van der Waals surface area contributed by atoms with E-state index in [1.54, 1.807) is 6.20 Å². The molecule has 0 bridgehead atoms. The fraction of sp³-hybridized carbons (Fsp3) is 0.545. The largest absolute Gasteiger partial charge is 0.378 e. The first-order chi connectivity index (χ1) is 8.34. The van der Waals surface area contributed by atoms with Crippen LogP contribution in [0.2, 0.25) is 5.15 Å². The molecule has 5 nitrogen and oxygen atoms in total. The first-order valence-electron chi connectivity index (χ1n) is 5.80. The average Bonchev–Trinajstić information content (AvgIpc) is 2.95. The predicted octanol–water partition coefficient (Wildman–Crippen LogP) is 1.89. The Morgan fingerprint density at radius 2 is 2.41 bits per heavy atom. The van der Waals surface area contributed by atoms with Crippen LogP contribution in [0.1, 0.15) is 25.1 Å². The minimum absolute atomic E-state index is 0.375. The van der Waals surface area contributed by atoms with Gasteiger partial charge in [-0.05, 0) is 19.3 Å². The topological polar surface area (TPSA) is 52.3 Å². The number of ether oxygens (including phenoxy) is 1. The van der Waals surface area contributed by atoms with Gasteiger partial charge >= 0.3 is 0 Å². The van der Waals surface area contributed by atoms with Crippen molar-refractivity contribution < 1.29 is 4.74 Å². The minimum atomic E-state index is 0.375. The predicted molar refractivity (Wildman–Crippen MR) is 63.1 cm³/mol. The Hall–Kier alpha value is -1.20. The van der Waals surface area contributed by atoms with Gasteiger partial charge in [-0.3, -0.25) is 4.40 Å². The lowest BCUT2D eigenvalue weighted by atomic mass is 10.1. The van der Waals surface area contributed by atoms with Gasteiger partial charge in [0.15, 0.2) is 10.8 Å². The summed E-state index contributed by atoms with van der Waals surface area (Å²) in [5.41, 5.74) is 0.622. The van der Waals surface area contributed by atoms with E-state index < -0.39 is 0 Å². The van der Waals surface area contributed by atoms with Crippen LogP contribution in [-0.2, 0) is 11.2 Å². The van der Waals surface area contributed by atoms with E-state index >= 15 is 0 Å². The molecule has 0 saturated carbocycles. The Morgan fingerprint density at radius 1 is 1.47 bits per heavy atom. The number of aryl methyl sites for hydroxylation is 1. The summed E-state index contributed by atoms with van der Waals surface area (Å²) in [4.78, 5) is 3.98. The number of rotatable bonds is 3. The molecule has 17 heavy (non-hydrogen) atoms. The summed E-state index contributed by atoms with van der Waals surface area (Å²) in [6.07, 6.45) is 8.03. The Labute approximate surface area is 104 Å². The van der Waals surface area contributed by atoms with Crippen LogP contribution in [0.4, 0.5) is 0 Å². The first-order valence-corrected chi connectivity index (χ1v) is 6.18. The van der Waals surface area contributed by atoms with Gasteiger partial charge in [-0.15, -0.1) is 10.2 Å². The summed E-state index contributed by atoms with van der Waals surface area (Å²) in [5, 5.41) is 8.58.